The summed E-state index contributed by atoms with van der Waals surface area (Å²) in [7, 11) is 0. The first-order valence-electron chi connectivity index (χ1n) is 4.05. The first-order chi connectivity index (χ1) is 5.83. The van der Waals surface area contributed by atoms with Crippen molar-refractivity contribution in [2.24, 2.45) is 0 Å². The lowest BCUT2D eigenvalue weighted by atomic mass is 10.2. The Morgan fingerprint density at radius 3 is 3.17 bits per heavy atom. The van der Waals surface area contributed by atoms with Crippen LogP contribution in [0.25, 0.3) is 6.08 Å². The van der Waals surface area contributed by atoms with Gasteiger partial charge < -0.3 is 5.21 Å². The molecule has 1 aliphatic rings. The van der Waals surface area contributed by atoms with Crippen molar-refractivity contribution in [1.82, 2.24) is 4.98 Å². The smallest absolute Gasteiger partial charge is 0.290 e. The van der Waals surface area contributed by atoms with Gasteiger partial charge in [-0.15, -0.1) is 0 Å². The fourth-order valence-electron chi connectivity index (χ4n) is 1.69. The molecule has 0 radical (unpaired) electrons. The van der Waals surface area contributed by atoms with E-state index in [0.29, 0.717) is 0 Å². The maximum atomic E-state index is 11.2. The van der Waals surface area contributed by atoms with Gasteiger partial charge in [0.25, 0.3) is 6.33 Å². The maximum absolute atomic E-state index is 11.2. The first kappa shape index (κ1) is 7.28. The van der Waals surface area contributed by atoms with Crippen molar-refractivity contribution in [1.29, 1.82) is 0 Å². The standard InChI is InChI=1S/C9H10N2O/c1-2-8-7-4-3-5-9(7)11(12)6-10-8/h2,6H,1,3-5H2. The molecular formula is C9H10N2O. The van der Waals surface area contributed by atoms with E-state index in [2.05, 4.69) is 11.6 Å². The highest BCUT2D eigenvalue weighted by Gasteiger charge is 2.21. The molecule has 0 aromatic carbocycles. The molecule has 0 atom stereocenters. The zero-order chi connectivity index (χ0) is 8.55. The molecule has 0 saturated carbocycles. The topological polar surface area (TPSA) is 39.8 Å². The number of rotatable bonds is 1. The average Bonchev–Trinajstić information content (AvgIpc) is 2.54. The van der Waals surface area contributed by atoms with E-state index < -0.39 is 0 Å². The first-order valence-corrected chi connectivity index (χ1v) is 4.05. The van der Waals surface area contributed by atoms with E-state index in [1.165, 1.54) is 6.33 Å². The SMILES string of the molecule is C=Cc1nc[n+]([O-])c2c1CCC2. The van der Waals surface area contributed by atoms with Gasteiger partial charge in [-0.05, 0) is 23.9 Å². The molecule has 2 rings (SSSR count). The predicted molar refractivity (Wildman–Crippen MR) is 45.3 cm³/mol. The summed E-state index contributed by atoms with van der Waals surface area (Å²) in [6, 6.07) is 0. The van der Waals surface area contributed by atoms with Crippen LogP contribution in [0.5, 0.6) is 0 Å². The Bertz CT molecular complexity index is 334. The number of aromatic nitrogens is 2. The fourth-order valence-corrected chi connectivity index (χ4v) is 1.69. The molecule has 3 nitrogen and oxygen atoms in total. The highest BCUT2D eigenvalue weighted by Crippen LogP contribution is 2.20. The molecule has 3 heteroatoms. The molecule has 62 valence electrons. The van der Waals surface area contributed by atoms with Gasteiger partial charge in [-0.3, -0.25) is 0 Å². The Hall–Kier alpha value is -1.38. The van der Waals surface area contributed by atoms with E-state index in [0.717, 1.165) is 40.9 Å². The van der Waals surface area contributed by atoms with Crippen LogP contribution in [-0.4, -0.2) is 4.98 Å². The van der Waals surface area contributed by atoms with Crippen molar-refractivity contribution in [3.8, 4) is 0 Å². The van der Waals surface area contributed by atoms with E-state index in [9.17, 15) is 5.21 Å². The van der Waals surface area contributed by atoms with Gasteiger partial charge in [0.05, 0.1) is 0 Å². The number of fused-ring (bicyclic) bond motifs is 1. The third kappa shape index (κ3) is 0.897. The summed E-state index contributed by atoms with van der Waals surface area (Å²) in [5.74, 6) is 0. The van der Waals surface area contributed by atoms with Crippen molar-refractivity contribution in [3.05, 3.63) is 35.1 Å². The van der Waals surface area contributed by atoms with Crippen molar-refractivity contribution < 1.29 is 4.73 Å². The minimum Gasteiger partial charge on any atom is -0.711 e. The maximum Gasteiger partial charge on any atom is 0.290 e. The molecule has 12 heavy (non-hydrogen) atoms. The van der Waals surface area contributed by atoms with E-state index in [1.54, 1.807) is 6.08 Å². The van der Waals surface area contributed by atoms with Crippen LogP contribution in [0, 0.1) is 5.21 Å². The van der Waals surface area contributed by atoms with Crippen molar-refractivity contribution >= 4 is 6.08 Å². The Morgan fingerprint density at radius 1 is 1.58 bits per heavy atom. The lowest BCUT2D eigenvalue weighted by molar-refractivity contribution is -0.617. The Balaban J connectivity index is 2.64. The summed E-state index contributed by atoms with van der Waals surface area (Å²) in [5.41, 5.74) is 2.83. The second-order valence-electron chi connectivity index (χ2n) is 2.94. The molecule has 0 bridgehead atoms. The lowest BCUT2D eigenvalue weighted by Gasteiger charge is -2.06. The monoisotopic (exact) mass is 162 g/mol. The van der Waals surface area contributed by atoms with E-state index in [-0.39, 0.29) is 0 Å². The van der Waals surface area contributed by atoms with Crippen molar-refractivity contribution in [2.75, 3.05) is 0 Å². The number of hydrogen-bond donors (Lipinski definition) is 0. The third-order valence-electron chi connectivity index (χ3n) is 2.26. The van der Waals surface area contributed by atoms with Crippen LogP contribution in [0.4, 0.5) is 0 Å². The van der Waals surface area contributed by atoms with Crippen molar-refractivity contribution in [3.63, 3.8) is 0 Å². The second-order valence-corrected chi connectivity index (χ2v) is 2.94. The van der Waals surface area contributed by atoms with E-state index >= 15 is 0 Å². The summed E-state index contributed by atoms with van der Waals surface area (Å²) < 4.78 is 0.870. The summed E-state index contributed by atoms with van der Waals surface area (Å²) in [5, 5.41) is 11.2. The molecule has 1 heterocycles. The summed E-state index contributed by atoms with van der Waals surface area (Å²) >= 11 is 0. The molecule has 1 aliphatic carbocycles. The van der Waals surface area contributed by atoms with Crippen LogP contribution in [0.1, 0.15) is 23.4 Å². The summed E-state index contributed by atoms with van der Waals surface area (Å²) in [6.07, 6.45) is 5.93. The van der Waals surface area contributed by atoms with Gasteiger partial charge >= 0.3 is 0 Å². The van der Waals surface area contributed by atoms with E-state index in [4.69, 9.17) is 0 Å². The van der Waals surface area contributed by atoms with Crippen LogP contribution in [0.15, 0.2) is 12.9 Å². The van der Waals surface area contributed by atoms with Crippen LogP contribution in [0.2, 0.25) is 0 Å². The molecule has 0 saturated heterocycles. The van der Waals surface area contributed by atoms with E-state index in [1.807, 2.05) is 0 Å². The molecule has 0 unspecified atom stereocenters. The predicted octanol–water partition coefficient (Wildman–Crippen LogP) is 0.847. The van der Waals surface area contributed by atoms with Crippen molar-refractivity contribution in [2.45, 2.75) is 19.3 Å². The number of nitrogens with zero attached hydrogens (tertiary/aromatic N) is 2. The van der Waals surface area contributed by atoms with Crippen LogP contribution in [-0.2, 0) is 12.8 Å². The van der Waals surface area contributed by atoms with Gasteiger partial charge in [0.2, 0.25) is 0 Å². The normalized spacial score (nSPS) is 14.3. The van der Waals surface area contributed by atoms with Gasteiger partial charge in [-0.1, -0.05) is 6.58 Å². The quantitative estimate of drug-likeness (QED) is 0.453. The van der Waals surface area contributed by atoms with Crippen LogP contribution >= 0.6 is 0 Å². The highest BCUT2D eigenvalue weighted by molar-refractivity contribution is 5.48. The Kier molecular flexibility index (Phi) is 1.57. The Labute approximate surface area is 71.0 Å². The average molecular weight is 162 g/mol. The molecule has 0 fully saturated rings. The van der Waals surface area contributed by atoms with Gasteiger partial charge in [-0.25, -0.2) is 4.73 Å². The minimum atomic E-state index is 0.870. The summed E-state index contributed by atoms with van der Waals surface area (Å²) in [4.78, 5) is 4.00. The molecule has 0 amide bonds. The zero-order valence-corrected chi connectivity index (χ0v) is 6.79. The molecule has 0 spiro atoms. The fraction of sp³-hybridized carbons (Fsp3) is 0.333. The molecule has 0 N–H and O–H groups in total. The largest absolute Gasteiger partial charge is 0.711 e. The third-order valence-corrected chi connectivity index (χ3v) is 2.26. The summed E-state index contributed by atoms with van der Waals surface area (Å²) in [6.45, 7) is 3.66. The highest BCUT2D eigenvalue weighted by atomic mass is 16.5. The van der Waals surface area contributed by atoms with Crippen LogP contribution in [0.3, 0.4) is 0 Å². The lowest BCUT2D eigenvalue weighted by Crippen LogP contribution is -2.32. The molecular weight excluding hydrogens is 152 g/mol. The van der Waals surface area contributed by atoms with Gasteiger partial charge in [0, 0.05) is 12.0 Å². The number of hydrogen-bond acceptors (Lipinski definition) is 2. The molecule has 1 aromatic rings. The zero-order valence-electron chi connectivity index (χ0n) is 6.79. The molecule has 0 aliphatic heterocycles. The Morgan fingerprint density at radius 2 is 2.42 bits per heavy atom. The van der Waals surface area contributed by atoms with Crippen LogP contribution < -0.4 is 4.73 Å². The minimum absolute atomic E-state index is 0.870. The van der Waals surface area contributed by atoms with Gasteiger partial charge in [0.15, 0.2) is 5.69 Å². The van der Waals surface area contributed by atoms with Gasteiger partial charge in [-0.2, -0.15) is 0 Å². The second kappa shape index (κ2) is 2.59. The molecule has 1 aromatic heterocycles. The van der Waals surface area contributed by atoms with Gasteiger partial charge in [0.1, 0.15) is 5.69 Å².